The van der Waals surface area contributed by atoms with E-state index < -0.39 is 18.0 Å². The molecule has 0 aromatic heterocycles. The summed E-state index contributed by atoms with van der Waals surface area (Å²) in [4.78, 5) is 21.8. The Balaban J connectivity index is 3.41. The molecule has 0 aromatic rings. The van der Waals surface area contributed by atoms with E-state index in [-0.39, 0.29) is 18.8 Å². The third-order valence-corrected chi connectivity index (χ3v) is 2.16. The number of unbranched alkanes of at least 4 members (excludes halogenated alkanes) is 1. The minimum atomic E-state index is -0.864. The van der Waals surface area contributed by atoms with Crippen molar-refractivity contribution in [1.29, 1.82) is 0 Å². The third-order valence-electron chi connectivity index (χ3n) is 2.16. The average Bonchev–Trinajstić information content (AvgIpc) is 2.42. The summed E-state index contributed by atoms with van der Waals surface area (Å²) in [5.74, 6) is -0.978. The minimum absolute atomic E-state index is 0.0793. The molecule has 20 heavy (non-hydrogen) atoms. The molecule has 6 heteroatoms. The van der Waals surface area contributed by atoms with E-state index in [1.807, 2.05) is 0 Å². The van der Waals surface area contributed by atoms with Crippen LogP contribution in [0, 0.1) is 0 Å². The number of ether oxygens (including phenoxy) is 3. The summed E-state index contributed by atoms with van der Waals surface area (Å²) >= 11 is 0. The number of carbonyl (C=O) groups excluding carboxylic acids is 2. The molecule has 0 aliphatic rings. The molecule has 1 unspecified atom stereocenters. The lowest BCUT2D eigenvalue weighted by atomic mass is 10.3. The highest BCUT2D eigenvalue weighted by Crippen LogP contribution is 1.97. The van der Waals surface area contributed by atoms with Crippen molar-refractivity contribution in [3.63, 3.8) is 0 Å². The van der Waals surface area contributed by atoms with Gasteiger partial charge in [0.1, 0.15) is 12.7 Å². The SMILES string of the molecule is C=CC(=O)OCCCCOCC(O)COC(=O)C(=C)C. The van der Waals surface area contributed by atoms with E-state index in [2.05, 4.69) is 13.2 Å². The van der Waals surface area contributed by atoms with Crippen LogP contribution in [0.2, 0.25) is 0 Å². The van der Waals surface area contributed by atoms with Gasteiger partial charge in [-0.05, 0) is 19.8 Å². The van der Waals surface area contributed by atoms with Crippen LogP contribution in [-0.2, 0) is 23.8 Å². The summed E-state index contributed by atoms with van der Waals surface area (Å²) < 4.78 is 14.7. The Hall–Kier alpha value is -1.66. The van der Waals surface area contributed by atoms with E-state index >= 15 is 0 Å². The quantitative estimate of drug-likeness (QED) is 0.346. The van der Waals surface area contributed by atoms with Crippen molar-refractivity contribution in [3.8, 4) is 0 Å². The van der Waals surface area contributed by atoms with E-state index in [9.17, 15) is 14.7 Å². The van der Waals surface area contributed by atoms with E-state index in [0.717, 1.165) is 6.08 Å². The van der Waals surface area contributed by atoms with Crippen LogP contribution in [0.15, 0.2) is 24.8 Å². The Bertz CT molecular complexity index is 337. The van der Waals surface area contributed by atoms with Crippen LogP contribution in [0.5, 0.6) is 0 Å². The van der Waals surface area contributed by atoms with E-state index in [4.69, 9.17) is 14.2 Å². The highest BCUT2D eigenvalue weighted by molar-refractivity contribution is 5.86. The van der Waals surface area contributed by atoms with Crippen LogP contribution < -0.4 is 0 Å². The summed E-state index contributed by atoms with van der Waals surface area (Å²) in [6, 6.07) is 0. The van der Waals surface area contributed by atoms with Gasteiger partial charge in [-0.3, -0.25) is 0 Å². The van der Waals surface area contributed by atoms with Gasteiger partial charge in [0.25, 0.3) is 0 Å². The zero-order chi connectivity index (χ0) is 15.4. The molecule has 0 aliphatic heterocycles. The molecule has 0 aromatic carbocycles. The molecular formula is C14H22O6. The van der Waals surface area contributed by atoms with Crippen LogP contribution in [0.3, 0.4) is 0 Å². The lowest BCUT2D eigenvalue weighted by molar-refractivity contribution is -0.143. The fourth-order valence-electron chi connectivity index (χ4n) is 1.10. The van der Waals surface area contributed by atoms with E-state index in [1.165, 1.54) is 6.92 Å². The summed E-state index contributed by atoms with van der Waals surface area (Å²) in [5, 5.41) is 9.47. The molecule has 1 N–H and O–H groups in total. The molecule has 6 nitrogen and oxygen atoms in total. The molecule has 0 aliphatic carbocycles. The van der Waals surface area contributed by atoms with Gasteiger partial charge >= 0.3 is 11.9 Å². The highest BCUT2D eigenvalue weighted by Gasteiger charge is 2.09. The number of hydrogen-bond donors (Lipinski definition) is 1. The van der Waals surface area contributed by atoms with Gasteiger partial charge in [-0.2, -0.15) is 0 Å². The van der Waals surface area contributed by atoms with Gasteiger partial charge in [-0.1, -0.05) is 13.2 Å². The van der Waals surface area contributed by atoms with Crippen molar-refractivity contribution in [2.45, 2.75) is 25.9 Å². The number of aliphatic hydroxyl groups is 1. The van der Waals surface area contributed by atoms with Crippen LogP contribution in [0.25, 0.3) is 0 Å². The normalized spacial score (nSPS) is 11.5. The molecule has 0 saturated carbocycles. The summed E-state index contributed by atoms with van der Waals surface area (Å²) in [6.45, 7) is 8.94. The first-order valence-corrected chi connectivity index (χ1v) is 6.35. The molecule has 0 fully saturated rings. The summed E-state index contributed by atoms with van der Waals surface area (Å²) in [5.41, 5.74) is 0.284. The fraction of sp³-hybridized carbons (Fsp3) is 0.571. The smallest absolute Gasteiger partial charge is 0.333 e. The summed E-state index contributed by atoms with van der Waals surface area (Å²) in [6.07, 6.45) is 1.61. The van der Waals surface area contributed by atoms with Gasteiger partial charge in [0, 0.05) is 18.3 Å². The molecule has 0 spiro atoms. The van der Waals surface area contributed by atoms with Crippen molar-refractivity contribution in [2.24, 2.45) is 0 Å². The second-order valence-electron chi connectivity index (χ2n) is 4.19. The molecule has 0 radical (unpaired) electrons. The van der Waals surface area contributed by atoms with E-state index in [1.54, 1.807) is 0 Å². The molecule has 114 valence electrons. The number of aliphatic hydroxyl groups excluding tert-OH is 1. The number of carbonyl (C=O) groups is 2. The van der Waals surface area contributed by atoms with Gasteiger partial charge < -0.3 is 19.3 Å². The van der Waals surface area contributed by atoms with Crippen LogP contribution >= 0.6 is 0 Å². The Morgan fingerprint density at radius 1 is 1.20 bits per heavy atom. The first kappa shape index (κ1) is 18.3. The second-order valence-corrected chi connectivity index (χ2v) is 4.19. The van der Waals surface area contributed by atoms with Gasteiger partial charge in [0.2, 0.25) is 0 Å². The van der Waals surface area contributed by atoms with Crippen molar-refractivity contribution >= 4 is 11.9 Å². The maximum absolute atomic E-state index is 11.1. The fourth-order valence-corrected chi connectivity index (χ4v) is 1.10. The molecule has 0 heterocycles. The van der Waals surface area contributed by atoms with Gasteiger partial charge in [-0.25, -0.2) is 9.59 Å². The third kappa shape index (κ3) is 10.3. The zero-order valence-electron chi connectivity index (χ0n) is 11.8. The minimum Gasteiger partial charge on any atom is -0.463 e. The van der Waals surface area contributed by atoms with Crippen molar-refractivity contribution in [2.75, 3.05) is 26.4 Å². The number of esters is 2. The number of hydrogen-bond acceptors (Lipinski definition) is 6. The van der Waals surface area contributed by atoms with Crippen molar-refractivity contribution < 1.29 is 28.9 Å². The molecule has 0 bridgehead atoms. The van der Waals surface area contributed by atoms with Crippen LogP contribution in [0.1, 0.15) is 19.8 Å². The Kier molecular flexibility index (Phi) is 10.3. The predicted octanol–water partition coefficient (Wildman–Crippen LogP) is 0.993. The van der Waals surface area contributed by atoms with Crippen LogP contribution in [-0.4, -0.2) is 49.6 Å². The monoisotopic (exact) mass is 286 g/mol. The molecule has 0 amide bonds. The lowest BCUT2D eigenvalue weighted by Gasteiger charge is -2.11. The van der Waals surface area contributed by atoms with Crippen molar-refractivity contribution in [3.05, 3.63) is 24.8 Å². The zero-order valence-corrected chi connectivity index (χ0v) is 11.8. The van der Waals surface area contributed by atoms with Gasteiger partial charge in [0.15, 0.2) is 0 Å². The maximum Gasteiger partial charge on any atom is 0.333 e. The van der Waals surface area contributed by atoms with Gasteiger partial charge in [-0.15, -0.1) is 0 Å². The standard InChI is InChI=1S/C14H22O6/c1-4-13(16)19-8-6-5-7-18-9-12(15)10-20-14(17)11(2)3/h4,12,15H,1-2,5-10H2,3H3. The van der Waals surface area contributed by atoms with Crippen molar-refractivity contribution in [1.82, 2.24) is 0 Å². The first-order chi connectivity index (χ1) is 9.47. The molecule has 0 rings (SSSR count). The van der Waals surface area contributed by atoms with Gasteiger partial charge in [0.05, 0.1) is 13.2 Å². The number of rotatable bonds is 11. The second kappa shape index (κ2) is 11.2. The Morgan fingerprint density at radius 3 is 2.45 bits per heavy atom. The maximum atomic E-state index is 11.1. The average molecular weight is 286 g/mol. The topological polar surface area (TPSA) is 82.1 Å². The molecule has 1 atom stereocenters. The highest BCUT2D eigenvalue weighted by atomic mass is 16.5. The lowest BCUT2D eigenvalue weighted by Crippen LogP contribution is -2.24. The Labute approximate surface area is 119 Å². The molecular weight excluding hydrogens is 264 g/mol. The van der Waals surface area contributed by atoms with Crippen LogP contribution in [0.4, 0.5) is 0 Å². The summed E-state index contributed by atoms with van der Waals surface area (Å²) in [7, 11) is 0. The Morgan fingerprint density at radius 2 is 1.85 bits per heavy atom. The molecule has 0 saturated heterocycles. The van der Waals surface area contributed by atoms with E-state index in [0.29, 0.717) is 26.1 Å². The predicted molar refractivity (Wildman–Crippen MR) is 73.0 cm³/mol. The first-order valence-electron chi connectivity index (χ1n) is 6.35. The largest absolute Gasteiger partial charge is 0.463 e.